The molecule has 7 heteroatoms. The molecule has 2 heterocycles. The number of rotatable bonds is 3. The second-order valence-electron chi connectivity index (χ2n) is 7.64. The van der Waals surface area contributed by atoms with Gasteiger partial charge < -0.3 is 9.64 Å². The Bertz CT molecular complexity index is 846. The molecule has 1 atom stereocenters. The molecular weight excluding hydrogens is 364 g/mol. The van der Waals surface area contributed by atoms with Crippen LogP contribution < -0.4 is 4.90 Å². The zero-order valence-electron chi connectivity index (χ0n) is 16.2. The van der Waals surface area contributed by atoms with E-state index in [1.54, 1.807) is 6.08 Å². The molecule has 6 nitrogen and oxygen atoms in total. The van der Waals surface area contributed by atoms with Crippen LogP contribution >= 0.6 is 11.8 Å². The second kappa shape index (κ2) is 7.03. The lowest BCUT2D eigenvalue weighted by molar-refractivity contribution is -0.143. The summed E-state index contributed by atoms with van der Waals surface area (Å²) in [6, 6.07) is 6.11. The summed E-state index contributed by atoms with van der Waals surface area (Å²) in [6.45, 7) is 6.32. The van der Waals surface area contributed by atoms with Gasteiger partial charge in [0.05, 0.1) is 12.0 Å². The van der Waals surface area contributed by atoms with E-state index in [9.17, 15) is 14.4 Å². The number of ether oxygens (including phenoxy) is 1. The van der Waals surface area contributed by atoms with Crippen molar-refractivity contribution in [2.75, 3.05) is 25.6 Å². The first-order valence-electron chi connectivity index (χ1n) is 8.84. The van der Waals surface area contributed by atoms with Crippen LogP contribution in [0.5, 0.6) is 0 Å². The Morgan fingerprint density at radius 1 is 1.37 bits per heavy atom. The molecule has 1 saturated heterocycles. The highest BCUT2D eigenvalue weighted by molar-refractivity contribution is 8.18. The topological polar surface area (TPSA) is 66.9 Å². The van der Waals surface area contributed by atoms with Gasteiger partial charge in [-0.3, -0.25) is 19.3 Å². The van der Waals surface area contributed by atoms with Crippen molar-refractivity contribution in [1.82, 2.24) is 4.90 Å². The molecule has 27 heavy (non-hydrogen) atoms. The molecule has 0 spiro atoms. The first-order valence-corrected chi connectivity index (χ1v) is 9.65. The summed E-state index contributed by atoms with van der Waals surface area (Å²) in [5, 5.41) is -0.454. The minimum Gasteiger partial charge on any atom is -0.468 e. The van der Waals surface area contributed by atoms with Crippen LogP contribution in [0.3, 0.4) is 0 Å². The van der Waals surface area contributed by atoms with Gasteiger partial charge in [0, 0.05) is 18.3 Å². The fourth-order valence-electron chi connectivity index (χ4n) is 3.67. The number of methoxy groups -OCH3 is 1. The summed E-state index contributed by atoms with van der Waals surface area (Å²) >= 11 is 0.848. The molecular formula is C20H24N2O4S. The molecule has 144 valence electrons. The Balaban J connectivity index is 1.89. The van der Waals surface area contributed by atoms with Gasteiger partial charge in [-0.15, -0.1) is 0 Å². The van der Waals surface area contributed by atoms with Crippen LogP contribution in [0.25, 0.3) is 6.08 Å². The van der Waals surface area contributed by atoms with Crippen molar-refractivity contribution in [1.29, 1.82) is 0 Å². The van der Waals surface area contributed by atoms with Gasteiger partial charge in [0.25, 0.3) is 11.1 Å². The highest BCUT2D eigenvalue weighted by atomic mass is 32.2. The smallest absolute Gasteiger partial charge is 0.325 e. The van der Waals surface area contributed by atoms with E-state index in [1.807, 2.05) is 6.07 Å². The molecule has 2 aliphatic rings. The van der Waals surface area contributed by atoms with Gasteiger partial charge in [-0.25, -0.2) is 0 Å². The summed E-state index contributed by atoms with van der Waals surface area (Å²) in [4.78, 5) is 39.4. The van der Waals surface area contributed by atoms with E-state index in [4.69, 9.17) is 0 Å². The fourth-order valence-corrected chi connectivity index (χ4v) is 4.50. The molecule has 0 aromatic heterocycles. The van der Waals surface area contributed by atoms with Crippen LogP contribution in [0.4, 0.5) is 10.5 Å². The average Bonchev–Trinajstić information content (AvgIpc) is 2.87. The van der Waals surface area contributed by atoms with Crippen LogP contribution in [0, 0.1) is 0 Å². The molecule has 0 N–H and O–H groups in total. The number of imide groups is 1. The lowest BCUT2D eigenvalue weighted by atomic mass is 9.80. The zero-order chi connectivity index (χ0) is 19.9. The van der Waals surface area contributed by atoms with Crippen molar-refractivity contribution in [3.05, 3.63) is 34.2 Å². The standard InChI is InChI=1S/C20H24N2O4S/c1-12-10-20(2,3)21(4)15-7-6-13(8-14(12)15)9-16-18(24)22(19(25)27-16)11-17(23)26-5/h6-9,12H,10-11H2,1-5H3/b16-9+/t12-/m1/s1. The maximum atomic E-state index is 12.5. The maximum Gasteiger partial charge on any atom is 0.325 e. The first kappa shape index (κ1) is 19.5. The fraction of sp³-hybridized carbons (Fsp3) is 0.450. The number of nitrogens with zero attached hydrogens (tertiary/aromatic N) is 2. The number of benzene rings is 1. The number of amides is 2. The third-order valence-corrected chi connectivity index (χ3v) is 6.25. The molecule has 3 rings (SSSR count). The molecule has 2 aliphatic heterocycles. The predicted molar refractivity (Wildman–Crippen MR) is 107 cm³/mol. The van der Waals surface area contributed by atoms with Crippen LogP contribution in [0.1, 0.15) is 44.2 Å². The number of carbonyl (C=O) groups excluding carboxylic acids is 3. The zero-order valence-corrected chi connectivity index (χ0v) is 17.1. The number of carbonyl (C=O) groups is 3. The van der Waals surface area contributed by atoms with Gasteiger partial charge in [0.2, 0.25) is 0 Å². The lowest BCUT2D eigenvalue weighted by Gasteiger charge is -2.45. The Morgan fingerprint density at radius 2 is 2.07 bits per heavy atom. The molecule has 0 aliphatic carbocycles. The van der Waals surface area contributed by atoms with E-state index in [0.717, 1.165) is 28.6 Å². The summed E-state index contributed by atoms with van der Waals surface area (Å²) in [5.74, 6) is -0.680. The second-order valence-corrected chi connectivity index (χ2v) is 8.63. The Morgan fingerprint density at radius 3 is 2.74 bits per heavy atom. The third-order valence-electron chi connectivity index (χ3n) is 5.34. The van der Waals surface area contributed by atoms with Crippen LogP contribution in [0.2, 0.25) is 0 Å². The molecule has 1 aromatic rings. The van der Waals surface area contributed by atoms with Crippen LogP contribution in [0.15, 0.2) is 23.1 Å². The average molecular weight is 388 g/mol. The predicted octanol–water partition coefficient (Wildman–Crippen LogP) is 3.62. The van der Waals surface area contributed by atoms with Gasteiger partial charge in [-0.1, -0.05) is 13.0 Å². The number of fused-ring (bicyclic) bond motifs is 1. The summed E-state index contributed by atoms with van der Waals surface area (Å²) in [5.41, 5.74) is 3.39. The van der Waals surface area contributed by atoms with Crippen molar-refractivity contribution in [3.8, 4) is 0 Å². The molecule has 1 fully saturated rings. The van der Waals surface area contributed by atoms with Crippen molar-refractivity contribution in [2.24, 2.45) is 0 Å². The quantitative estimate of drug-likeness (QED) is 0.582. The van der Waals surface area contributed by atoms with Gasteiger partial charge >= 0.3 is 5.97 Å². The Kier molecular flexibility index (Phi) is 5.08. The summed E-state index contributed by atoms with van der Waals surface area (Å²) in [6.07, 6.45) is 2.75. The van der Waals surface area contributed by atoms with Crippen molar-refractivity contribution in [2.45, 2.75) is 38.6 Å². The minimum absolute atomic E-state index is 0.0878. The van der Waals surface area contributed by atoms with Crippen LogP contribution in [-0.2, 0) is 14.3 Å². The van der Waals surface area contributed by atoms with Gasteiger partial charge in [0.1, 0.15) is 6.54 Å². The highest BCUT2D eigenvalue weighted by Gasteiger charge is 2.37. The van der Waals surface area contributed by atoms with Gasteiger partial charge in [-0.05, 0) is 67.3 Å². The maximum absolute atomic E-state index is 12.5. The molecule has 2 amide bonds. The number of hydrogen-bond acceptors (Lipinski definition) is 6. The largest absolute Gasteiger partial charge is 0.468 e. The molecule has 0 saturated carbocycles. The SMILES string of the molecule is COC(=O)CN1C(=O)S/C(=C/c2ccc3c(c2)[C@H](C)CC(C)(C)N3C)C1=O. The van der Waals surface area contributed by atoms with Crippen LogP contribution in [-0.4, -0.2) is 48.3 Å². The van der Waals surface area contributed by atoms with E-state index >= 15 is 0 Å². The van der Waals surface area contributed by atoms with Crippen molar-refractivity contribution >= 4 is 40.6 Å². The normalized spacial score (nSPS) is 23.0. The molecule has 0 bridgehead atoms. The lowest BCUT2D eigenvalue weighted by Crippen LogP contribution is -2.45. The summed E-state index contributed by atoms with van der Waals surface area (Å²) in [7, 11) is 3.33. The van der Waals surface area contributed by atoms with Gasteiger partial charge in [-0.2, -0.15) is 0 Å². The molecule has 0 unspecified atom stereocenters. The number of anilines is 1. The van der Waals surface area contributed by atoms with E-state index in [1.165, 1.54) is 18.4 Å². The van der Waals surface area contributed by atoms with E-state index in [-0.39, 0.29) is 12.1 Å². The van der Waals surface area contributed by atoms with E-state index in [0.29, 0.717) is 10.8 Å². The number of hydrogen-bond donors (Lipinski definition) is 0. The minimum atomic E-state index is -0.619. The number of esters is 1. The van der Waals surface area contributed by atoms with E-state index < -0.39 is 17.1 Å². The third kappa shape index (κ3) is 3.60. The first-order chi connectivity index (χ1) is 12.6. The van der Waals surface area contributed by atoms with E-state index in [2.05, 4.69) is 49.6 Å². The Labute approximate surface area is 163 Å². The van der Waals surface area contributed by atoms with Crippen molar-refractivity contribution < 1.29 is 19.1 Å². The monoisotopic (exact) mass is 388 g/mol. The Hall–Kier alpha value is -2.28. The summed E-state index contributed by atoms with van der Waals surface area (Å²) < 4.78 is 4.54. The van der Waals surface area contributed by atoms with Crippen molar-refractivity contribution in [3.63, 3.8) is 0 Å². The number of thioether (sulfide) groups is 1. The van der Waals surface area contributed by atoms with Gasteiger partial charge in [0.15, 0.2) is 0 Å². The molecule has 0 radical (unpaired) electrons. The highest BCUT2D eigenvalue weighted by Crippen LogP contribution is 2.43. The molecule has 1 aromatic carbocycles.